The van der Waals surface area contributed by atoms with Crippen LogP contribution < -0.4 is 0 Å². The number of aromatic hydroxyl groups is 1. The minimum Gasteiger partial charge on any atom is -0.508 e. The normalized spacial score (nSPS) is 32.5. The van der Waals surface area contributed by atoms with Gasteiger partial charge in [0, 0.05) is 0 Å². The van der Waals surface area contributed by atoms with Gasteiger partial charge in [-0.2, -0.15) is 0 Å². The van der Waals surface area contributed by atoms with Crippen LogP contribution in [0, 0.1) is 17.8 Å². The van der Waals surface area contributed by atoms with Crippen LogP contribution in [0.5, 0.6) is 5.75 Å². The zero-order chi connectivity index (χ0) is 14.1. The largest absolute Gasteiger partial charge is 0.508 e. The second kappa shape index (κ2) is 5.79. The molecular formula is C19H28O. The molecule has 1 aromatic carbocycles. The SMILES string of the molecule is CCCC[C@H]1CC[C@@H](C)[C@H]2c3ccc(O)cc3CC[C@@H]12. The van der Waals surface area contributed by atoms with Crippen LogP contribution in [0.2, 0.25) is 0 Å². The predicted molar refractivity (Wildman–Crippen MR) is 84.1 cm³/mol. The van der Waals surface area contributed by atoms with E-state index in [-0.39, 0.29) is 0 Å². The Labute approximate surface area is 123 Å². The molecule has 1 saturated carbocycles. The fourth-order valence-electron chi connectivity index (χ4n) is 4.82. The summed E-state index contributed by atoms with van der Waals surface area (Å²) in [6, 6.07) is 6.11. The van der Waals surface area contributed by atoms with Crippen molar-refractivity contribution >= 4 is 0 Å². The molecule has 0 radical (unpaired) electrons. The van der Waals surface area contributed by atoms with E-state index >= 15 is 0 Å². The number of aryl methyl sites for hydroxylation is 1. The lowest BCUT2D eigenvalue weighted by Gasteiger charge is -2.46. The van der Waals surface area contributed by atoms with Crippen LogP contribution in [0.15, 0.2) is 18.2 Å². The molecular weight excluding hydrogens is 244 g/mol. The lowest BCUT2D eigenvalue weighted by Crippen LogP contribution is -2.35. The summed E-state index contributed by atoms with van der Waals surface area (Å²) in [6.07, 6.45) is 9.47. The molecule has 2 aliphatic carbocycles. The van der Waals surface area contributed by atoms with Crippen LogP contribution in [-0.4, -0.2) is 5.11 Å². The fraction of sp³-hybridized carbons (Fsp3) is 0.684. The van der Waals surface area contributed by atoms with Gasteiger partial charge in [-0.3, -0.25) is 0 Å². The molecule has 0 bridgehead atoms. The van der Waals surface area contributed by atoms with Crippen LogP contribution in [-0.2, 0) is 6.42 Å². The summed E-state index contributed by atoms with van der Waals surface area (Å²) in [7, 11) is 0. The molecule has 2 aliphatic rings. The Morgan fingerprint density at radius 3 is 2.85 bits per heavy atom. The summed E-state index contributed by atoms with van der Waals surface area (Å²) in [4.78, 5) is 0. The average molecular weight is 272 g/mol. The van der Waals surface area contributed by atoms with E-state index in [1.54, 1.807) is 5.56 Å². The molecule has 4 atom stereocenters. The molecule has 0 spiro atoms. The molecule has 3 rings (SSSR count). The number of phenols is 1. The van der Waals surface area contributed by atoms with Crippen LogP contribution >= 0.6 is 0 Å². The third-order valence-electron chi connectivity index (χ3n) is 5.83. The summed E-state index contributed by atoms with van der Waals surface area (Å²) in [6.45, 7) is 4.75. The molecule has 0 heterocycles. The average Bonchev–Trinajstić information content (AvgIpc) is 2.46. The van der Waals surface area contributed by atoms with E-state index in [9.17, 15) is 5.11 Å². The summed E-state index contributed by atoms with van der Waals surface area (Å²) < 4.78 is 0. The fourth-order valence-corrected chi connectivity index (χ4v) is 4.82. The second-order valence-corrected chi connectivity index (χ2v) is 7.07. The number of rotatable bonds is 3. The van der Waals surface area contributed by atoms with Gasteiger partial charge >= 0.3 is 0 Å². The van der Waals surface area contributed by atoms with E-state index < -0.39 is 0 Å². The number of hydrogen-bond acceptors (Lipinski definition) is 1. The molecule has 1 heteroatoms. The number of benzene rings is 1. The molecule has 0 aromatic heterocycles. The third-order valence-corrected chi connectivity index (χ3v) is 5.83. The third kappa shape index (κ3) is 2.47. The zero-order valence-electron chi connectivity index (χ0n) is 12.9. The van der Waals surface area contributed by atoms with E-state index in [1.165, 1.54) is 50.5 Å². The van der Waals surface area contributed by atoms with Crippen molar-refractivity contribution < 1.29 is 5.11 Å². The van der Waals surface area contributed by atoms with Crippen molar-refractivity contribution in [3.8, 4) is 5.75 Å². The molecule has 20 heavy (non-hydrogen) atoms. The van der Waals surface area contributed by atoms with Crippen molar-refractivity contribution in [2.45, 2.75) is 64.7 Å². The number of unbranched alkanes of at least 4 members (excludes halogenated alkanes) is 1. The highest BCUT2D eigenvalue weighted by atomic mass is 16.3. The molecule has 0 amide bonds. The van der Waals surface area contributed by atoms with Crippen molar-refractivity contribution in [1.82, 2.24) is 0 Å². The molecule has 1 nitrogen and oxygen atoms in total. The molecule has 110 valence electrons. The Hall–Kier alpha value is -0.980. The van der Waals surface area contributed by atoms with E-state index in [1.807, 2.05) is 12.1 Å². The highest BCUT2D eigenvalue weighted by Gasteiger charge is 2.40. The molecule has 1 N–H and O–H groups in total. The minimum absolute atomic E-state index is 0.438. The second-order valence-electron chi connectivity index (χ2n) is 7.07. The Morgan fingerprint density at radius 1 is 1.20 bits per heavy atom. The number of phenolic OH excluding ortho intramolecular Hbond substituents is 1. The monoisotopic (exact) mass is 272 g/mol. The van der Waals surface area contributed by atoms with Gasteiger partial charge < -0.3 is 5.11 Å². The Morgan fingerprint density at radius 2 is 2.05 bits per heavy atom. The van der Waals surface area contributed by atoms with E-state index in [4.69, 9.17) is 0 Å². The topological polar surface area (TPSA) is 20.2 Å². The summed E-state index contributed by atoms with van der Waals surface area (Å²) in [5.74, 6) is 3.82. The highest BCUT2D eigenvalue weighted by molar-refractivity contribution is 5.40. The number of fused-ring (bicyclic) bond motifs is 3. The predicted octanol–water partition coefficient (Wildman–Crippen LogP) is 5.27. The van der Waals surface area contributed by atoms with Gasteiger partial charge in [0.15, 0.2) is 0 Å². The van der Waals surface area contributed by atoms with Crippen LogP contribution in [0.3, 0.4) is 0 Å². The van der Waals surface area contributed by atoms with Gasteiger partial charge in [0.25, 0.3) is 0 Å². The first kappa shape index (κ1) is 14.0. The van der Waals surface area contributed by atoms with Gasteiger partial charge in [0.05, 0.1) is 0 Å². The van der Waals surface area contributed by atoms with Crippen molar-refractivity contribution in [2.75, 3.05) is 0 Å². The van der Waals surface area contributed by atoms with Crippen LogP contribution in [0.1, 0.15) is 69.4 Å². The first-order valence-corrected chi connectivity index (χ1v) is 8.52. The van der Waals surface area contributed by atoms with E-state index in [2.05, 4.69) is 19.9 Å². The first-order chi connectivity index (χ1) is 9.70. The maximum atomic E-state index is 9.72. The van der Waals surface area contributed by atoms with Crippen LogP contribution in [0.4, 0.5) is 0 Å². The lowest BCUT2D eigenvalue weighted by molar-refractivity contribution is 0.124. The Bertz CT molecular complexity index is 463. The van der Waals surface area contributed by atoms with Gasteiger partial charge in [-0.15, -0.1) is 0 Å². The summed E-state index contributed by atoms with van der Waals surface area (Å²) >= 11 is 0. The smallest absolute Gasteiger partial charge is 0.115 e. The number of hydrogen-bond donors (Lipinski definition) is 1. The standard InChI is InChI=1S/C19H28O/c1-3-4-5-14-7-6-13(2)19-17(14)10-8-15-12-16(20)9-11-18(15)19/h9,11-14,17,19-20H,3-8,10H2,1-2H3/t13-,14+,17+,19-/m1/s1. The zero-order valence-corrected chi connectivity index (χ0v) is 12.9. The van der Waals surface area contributed by atoms with Gasteiger partial charge in [-0.05, 0) is 72.6 Å². The lowest BCUT2D eigenvalue weighted by atomic mass is 9.59. The first-order valence-electron chi connectivity index (χ1n) is 8.52. The van der Waals surface area contributed by atoms with Crippen LogP contribution in [0.25, 0.3) is 0 Å². The summed E-state index contributed by atoms with van der Waals surface area (Å²) in [5, 5.41) is 9.72. The van der Waals surface area contributed by atoms with E-state index in [0.29, 0.717) is 5.75 Å². The van der Waals surface area contributed by atoms with Crippen molar-refractivity contribution in [3.63, 3.8) is 0 Å². The maximum Gasteiger partial charge on any atom is 0.115 e. The van der Waals surface area contributed by atoms with Crippen molar-refractivity contribution in [2.24, 2.45) is 17.8 Å². The molecule has 0 aliphatic heterocycles. The summed E-state index contributed by atoms with van der Waals surface area (Å²) in [5.41, 5.74) is 2.96. The van der Waals surface area contributed by atoms with Gasteiger partial charge in [-0.25, -0.2) is 0 Å². The molecule has 1 fully saturated rings. The van der Waals surface area contributed by atoms with E-state index in [0.717, 1.165) is 23.7 Å². The van der Waals surface area contributed by atoms with Gasteiger partial charge in [0.1, 0.15) is 5.75 Å². The Balaban J connectivity index is 1.88. The molecule has 1 aromatic rings. The Kier molecular flexibility index (Phi) is 4.05. The van der Waals surface area contributed by atoms with Crippen molar-refractivity contribution in [1.29, 1.82) is 0 Å². The van der Waals surface area contributed by atoms with Gasteiger partial charge in [0.2, 0.25) is 0 Å². The maximum absolute atomic E-state index is 9.72. The minimum atomic E-state index is 0.438. The van der Waals surface area contributed by atoms with Gasteiger partial charge in [-0.1, -0.05) is 39.2 Å². The van der Waals surface area contributed by atoms with Crippen molar-refractivity contribution in [3.05, 3.63) is 29.3 Å². The highest BCUT2D eigenvalue weighted by Crippen LogP contribution is 2.52. The molecule has 0 saturated heterocycles. The quantitative estimate of drug-likeness (QED) is 0.794. The molecule has 0 unspecified atom stereocenters.